The number of fused-ring (bicyclic) bond motifs is 8. The maximum Gasteiger partial charge on any atom is -0.0184 e. The molecule has 0 spiro atoms. The average molecular weight is 837 g/mol. The van der Waals surface area contributed by atoms with E-state index in [0.717, 1.165) is 27.3 Å². The second kappa shape index (κ2) is 19.8. The molecule has 4 aromatic rings. The van der Waals surface area contributed by atoms with Crippen LogP contribution >= 0.6 is 0 Å². The Morgan fingerprint density at radius 2 is 0.764 bits per heavy atom. The van der Waals surface area contributed by atoms with Crippen LogP contribution in [0.1, 0.15) is 13.3 Å². The second-order valence-corrected chi connectivity index (χ2v) is 21.9. The van der Waals surface area contributed by atoms with Gasteiger partial charge >= 0.3 is 184 Å². The van der Waals surface area contributed by atoms with E-state index in [4.69, 9.17) is 0 Å². The van der Waals surface area contributed by atoms with Crippen molar-refractivity contribution in [1.82, 2.24) is 0 Å². The van der Waals surface area contributed by atoms with Crippen molar-refractivity contribution in [3.05, 3.63) is 216 Å². The van der Waals surface area contributed by atoms with E-state index in [0.29, 0.717) is 23.7 Å². The van der Waals surface area contributed by atoms with Gasteiger partial charge in [0.05, 0.1) is 0 Å². The number of rotatable bonds is 4. The Balaban J connectivity index is 0.000000164. The molecule has 0 amide bonds. The minimum Gasteiger partial charge on any atom is -1.00 e. The number of halogens is 2. The first-order valence-electron chi connectivity index (χ1n) is 19.6. The van der Waals surface area contributed by atoms with Crippen LogP contribution in [-0.4, -0.2) is 3.71 Å². The zero-order valence-corrected chi connectivity index (χ0v) is 35.4. The molecule has 276 valence electrons. The van der Waals surface area contributed by atoms with E-state index in [9.17, 15) is 0 Å². The molecule has 10 rings (SSSR count). The summed E-state index contributed by atoms with van der Waals surface area (Å²) in [6.45, 7) is 2.39. The van der Waals surface area contributed by atoms with E-state index < -0.39 is 21.3 Å². The summed E-state index contributed by atoms with van der Waals surface area (Å²) in [7, 11) is 0. The predicted molar refractivity (Wildman–Crippen MR) is 224 cm³/mol. The van der Waals surface area contributed by atoms with E-state index in [1.807, 2.05) is 27.5 Å². The van der Waals surface area contributed by atoms with E-state index in [2.05, 4.69) is 199 Å². The van der Waals surface area contributed by atoms with Crippen LogP contribution in [0.2, 0.25) is 3.63 Å². The van der Waals surface area contributed by atoms with Crippen LogP contribution < -0.4 is 24.8 Å². The Hall–Kier alpha value is -3.87. The van der Waals surface area contributed by atoms with E-state index in [1.165, 1.54) is 28.7 Å². The fourth-order valence-electron chi connectivity index (χ4n) is 10.2. The maximum atomic E-state index is 2.72. The average Bonchev–Trinajstić information content (AvgIpc) is 3.91. The van der Waals surface area contributed by atoms with Crippen LogP contribution in [0.4, 0.5) is 0 Å². The second-order valence-electron chi connectivity index (χ2n) is 15.0. The molecule has 0 aromatic heterocycles. The van der Waals surface area contributed by atoms with Gasteiger partial charge in [0.15, 0.2) is 0 Å². The molecule has 9 unspecified atom stereocenters. The van der Waals surface area contributed by atoms with E-state index in [1.54, 1.807) is 0 Å². The molecule has 55 heavy (non-hydrogen) atoms. The summed E-state index contributed by atoms with van der Waals surface area (Å²) in [5, 5.41) is 0. The van der Waals surface area contributed by atoms with Gasteiger partial charge in [0, 0.05) is 0 Å². The first-order valence-corrected chi connectivity index (χ1v) is 23.7. The molecule has 4 aromatic carbocycles. The molecular weight excluding hydrogens is 787 g/mol. The fraction of sp³-hybridized carbons (Fsp3) is 0.212. The molecule has 0 N–H and O–H groups in total. The van der Waals surface area contributed by atoms with Crippen LogP contribution in [0.25, 0.3) is 22.3 Å². The zero-order chi connectivity index (χ0) is 35.8. The van der Waals surface area contributed by atoms with Crippen molar-refractivity contribution < 1.29 is 46.1 Å². The SMILES string of the molecule is C/[CH]=[Zr+2](\[C]1=CC=CC1)[CH]1C2C=CC=CC2C2C3C=CC=CC3C3C=CC=CC3C21.[Cl-].[Cl-].c1ccc(-c2ccccc2)cc1.c1ccc(-c2ccccc2)cc1. The summed E-state index contributed by atoms with van der Waals surface area (Å²) in [5.41, 5.74) is 5.10. The number of allylic oxidation sites excluding steroid dienone is 16. The van der Waals surface area contributed by atoms with Crippen molar-refractivity contribution >= 4 is 3.71 Å². The standard InChI is InChI=1S/C21H21.2C12H10.C5H5.C2H4.2ClH.Zr/c1-2-8-15-14(7-1)13-20-18-11-4-3-9-16(18)17-10-5-6-12-19(17)21(15)20;2*1-3-7-11(8-4-1)12-9-5-2-6-10-12;1-2-4-5-3-1;1-2;;;/h1-21H;2*1-10H;1-3H,4H2;1H,2H3;2*1H;/q;;;;;;;+2/p-2. The molecule has 0 radical (unpaired) electrons. The summed E-state index contributed by atoms with van der Waals surface area (Å²) in [6, 6.07) is 41.6. The Morgan fingerprint density at radius 1 is 0.418 bits per heavy atom. The van der Waals surface area contributed by atoms with Crippen molar-refractivity contribution in [3.8, 4) is 22.3 Å². The molecule has 2 fully saturated rings. The summed E-state index contributed by atoms with van der Waals surface area (Å²) >= 11 is -1.85. The zero-order valence-electron chi connectivity index (χ0n) is 31.4. The first-order chi connectivity index (χ1) is 26.3. The summed E-state index contributed by atoms with van der Waals surface area (Å²) in [5.74, 6) is 5.87. The molecule has 0 saturated heterocycles. The quantitative estimate of drug-likeness (QED) is 0.206. The number of hydrogen-bond acceptors (Lipinski definition) is 0. The minimum absolute atomic E-state index is 0. The molecule has 0 aliphatic heterocycles. The van der Waals surface area contributed by atoms with Gasteiger partial charge in [-0.25, -0.2) is 0 Å². The summed E-state index contributed by atoms with van der Waals surface area (Å²) < 4.78 is 5.45. The van der Waals surface area contributed by atoms with Crippen LogP contribution in [0.5, 0.6) is 0 Å². The molecule has 2 saturated carbocycles. The van der Waals surface area contributed by atoms with Gasteiger partial charge in [-0.1, -0.05) is 121 Å². The Bertz CT molecular complexity index is 1950. The van der Waals surface area contributed by atoms with Crippen LogP contribution in [0.15, 0.2) is 216 Å². The Morgan fingerprint density at radius 3 is 1.13 bits per heavy atom. The molecule has 0 nitrogen and oxygen atoms in total. The van der Waals surface area contributed by atoms with Gasteiger partial charge in [-0.3, -0.25) is 0 Å². The molecule has 6 aliphatic rings. The predicted octanol–water partition coefficient (Wildman–Crippen LogP) is 7.11. The topological polar surface area (TPSA) is 0 Å². The van der Waals surface area contributed by atoms with E-state index in [-0.39, 0.29) is 24.8 Å². The monoisotopic (exact) mass is 834 g/mol. The molecule has 0 heterocycles. The number of hydrogen-bond donors (Lipinski definition) is 0. The van der Waals surface area contributed by atoms with Gasteiger partial charge in [-0.15, -0.1) is 0 Å². The first kappa shape index (κ1) is 40.8. The van der Waals surface area contributed by atoms with Crippen molar-refractivity contribution in [2.24, 2.45) is 47.3 Å². The van der Waals surface area contributed by atoms with Gasteiger partial charge < -0.3 is 24.8 Å². The molecule has 6 aliphatic carbocycles. The van der Waals surface area contributed by atoms with Crippen LogP contribution in [-0.2, 0) is 21.3 Å². The van der Waals surface area contributed by atoms with Gasteiger partial charge in [0.2, 0.25) is 0 Å². The Labute approximate surface area is 349 Å². The third-order valence-electron chi connectivity index (χ3n) is 12.3. The fourth-order valence-corrected chi connectivity index (χ4v) is 18.6. The normalized spacial score (nSPS) is 28.0. The largest absolute Gasteiger partial charge is 1.00 e. The third-order valence-corrected chi connectivity index (χ3v) is 20.2. The van der Waals surface area contributed by atoms with Crippen molar-refractivity contribution in [1.29, 1.82) is 0 Å². The van der Waals surface area contributed by atoms with Crippen molar-refractivity contribution in [3.63, 3.8) is 0 Å². The molecule has 9 atom stereocenters. The molecule has 3 heteroatoms. The number of benzene rings is 4. The molecule has 0 bridgehead atoms. The smallest absolute Gasteiger partial charge is 0.0184 e. The van der Waals surface area contributed by atoms with Gasteiger partial charge in [0.25, 0.3) is 0 Å². The molecular formula is C52H50Cl2Zr. The third kappa shape index (κ3) is 8.92. The van der Waals surface area contributed by atoms with Gasteiger partial charge in [-0.2, -0.15) is 0 Å². The summed E-state index contributed by atoms with van der Waals surface area (Å²) in [6.07, 6.45) is 37.9. The van der Waals surface area contributed by atoms with Crippen LogP contribution in [0.3, 0.4) is 0 Å². The van der Waals surface area contributed by atoms with E-state index >= 15 is 0 Å². The maximum absolute atomic E-state index is 2.72. The van der Waals surface area contributed by atoms with Crippen LogP contribution in [0, 0.1) is 47.3 Å². The van der Waals surface area contributed by atoms with Crippen molar-refractivity contribution in [2.75, 3.05) is 0 Å². The van der Waals surface area contributed by atoms with Gasteiger partial charge in [0.1, 0.15) is 0 Å². The summed E-state index contributed by atoms with van der Waals surface area (Å²) in [4.78, 5) is 0. The minimum atomic E-state index is -1.85. The van der Waals surface area contributed by atoms with Gasteiger partial charge in [-0.05, 0) is 22.3 Å². The van der Waals surface area contributed by atoms with Crippen molar-refractivity contribution in [2.45, 2.75) is 17.0 Å². The Kier molecular flexibility index (Phi) is 14.7.